The Kier molecular flexibility index (Phi) is 9.14. The van der Waals surface area contributed by atoms with Gasteiger partial charge in [0.2, 0.25) is 0 Å². The Balaban J connectivity index is 1.96. The predicted octanol–water partition coefficient (Wildman–Crippen LogP) is 4.59. The Labute approximate surface area is 232 Å². The van der Waals surface area contributed by atoms with E-state index >= 15 is 0 Å². The summed E-state index contributed by atoms with van der Waals surface area (Å²) in [4.78, 5) is 25.0. The number of carbonyl (C=O) groups excluding carboxylic acids is 2. The van der Waals surface area contributed by atoms with E-state index in [4.69, 9.17) is 0 Å². The van der Waals surface area contributed by atoms with Crippen LogP contribution in [0.25, 0.3) is 22.4 Å². The molecule has 0 saturated heterocycles. The molecule has 208 valence electrons. The molecular formula is C32H32FN2O5-. The van der Waals surface area contributed by atoms with Crippen molar-refractivity contribution in [1.82, 2.24) is 4.57 Å². The summed E-state index contributed by atoms with van der Waals surface area (Å²) in [6, 6.07) is 24.3. The molecule has 0 bridgehead atoms. The van der Waals surface area contributed by atoms with E-state index in [1.165, 1.54) is 12.1 Å². The van der Waals surface area contributed by atoms with Crippen molar-refractivity contribution in [1.29, 1.82) is 0 Å². The van der Waals surface area contributed by atoms with Crippen LogP contribution in [0.4, 0.5) is 10.1 Å². The maximum absolute atomic E-state index is 14.0. The van der Waals surface area contributed by atoms with Gasteiger partial charge in [-0.1, -0.05) is 62.4 Å². The third-order valence-corrected chi connectivity index (χ3v) is 6.63. The fourth-order valence-corrected chi connectivity index (χ4v) is 5.04. The van der Waals surface area contributed by atoms with Gasteiger partial charge in [-0.3, -0.25) is 4.79 Å². The summed E-state index contributed by atoms with van der Waals surface area (Å²) in [7, 11) is 0. The molecule has 0 saturated carbocycles. The molecule has 7 nitrogen and oxygen atoms in total. The molecule has 1 heterocycles. The number of aliphatic carboxylic acids is 1. The van der Waals surface area contributed by atoms with Crippen molar-refractivity contribution in [3.05, 3.63) is 102 Å². The van der Waals surface area contributed by atoms with E-state index in [0.717, 1.165) is 5.56 Å². The molecule has 0 unspecified atom stereocenters. The highest BCUT2D eigenvalue weighted by molar-refractivity contribution is 6.12. The van der Waals surface area contributed by atoms with E-state index in [9.17, 15) is 29.3 Å². The number of halogens is 1. The number of nitrogens with one attached hydrogen (secondary N) is 1. The normalized spacial score (nSPS) is 12.8. The third kappa shape index (κ3) is 6.65. The summed E-state index contributed by atoms with van der Waals surface area (Å²) in [5.74, 6) is -2.36. The number of aliphatic hydroxyl groups excluding tert-OH is 2. The molecule has 1 aromatic heterocycles. The number of carbonyl (C=O) groups is 2. The number of rotatable bonds is 11. The van der Waals surface area contributed by atoms with Crippen molar-refractivity contribution in [3.63, 3.8) is 0 Å². The molecule has 3 N–H and O–H groups in total. The zero-order valence-corrected chi connectivity index (χ0v) is 22.4. The van der Waals surface area contributed by atoms with Crippen molar-refractivity contribution in [2.75, 3.05) is 5.32 Å². The lowest BCUT2D eigenvalue weighted by Crippen LogP contribution is -2.31. The zero-order chi connectivity index (χ0) is 28.8. The van der Waals surface area contributed by atoms with E-state index in [0.29, 0.717) is 33.8 Å². The monoisotopic (exact) mass is 543 g/mol. The number of hydrogen-bond donors (Lipinski definition) is 3. The van der Waals surface area contributed by atoms with Gasteiger partial charge in [-0.15, -0.1) is 0 Å². The second kappa shape index (κ2) is 12.7. The van der Waals surface area contributed by atoms with Gasteiger partial charge in [0, 0.05) is 42.3 Å². The third-order valence-electron chi connectivity index (χ3n) is 6.63. The first-order valence-electron chi connectivity index (χ1n) is 13.2. The molecule has 4 aromatic rings. The molecule has 0 aliphatic rings. The Morgan fingerprint density at radius 1 is 0.875 bits per heavy atom. The molecule has 0 spiro atoms. The zero-order valence-electron chi connectivity index (χ0n) is 22.4. The second-order valence-electron chi connectivity index (χ2n) is 10.1. The highest BCUT2D eigenvalue weighted by Crippen LogP contribution is 2.42. The van der Waals surface area contributed by atoms with Gasteiger partial charge in [0.25, 0.3) is 5.91 Å². The number of hydrogen-bond acceptors (Lipinski definition) is 5. The van der Waals surface area contributed by atoms with E-state index in [-0.39, 0.29) is 24.8 Å². The molecule has 0 aliphatic carbocycles. The van der Waals surface area contributed by atoms with Crippen molar-refractivity contribution < 1.29 is 29.3 Å². The average Bonchev–Trinajstić information content (AvgIpc) is 3.24. The maximum atomic E-state index is 14.0. The standard InChI is InChI=1S/C32H33FN2O5/c1-20(2)30-29(32(40)34-24-11-7-4-8-12-24)28(21-9-5-3-6-10-21)31(22-13-15-23(33)16-14-22)35(30)19-26(37)17-25(36)18-27(38)39/h3-16,20,25-26,36-37H,17-19H2,1-2H3,(H,34,40)(H,38,39)/p-1/t25-,26+/m1/s1. The summed E-state index contributed by atoms with van der Waals surface area (Å²) in [5, 5.41) is 35.1. The number of carboxylic acids is 1. The van der Waals surface area contributed by atoms with Crippen molar-refractivity contribution in [2.45, 2.75) is 51.4 Å². The topological polar surface area (TPSA) is 115 Å². The average molecular weight is 544 g/mol. The summed E-state index contributed by atoms with van der Waals surface area (Å²) < 4.78 is 15.8. The van der Waals surface area contributed by atoms with E-state index in [1.54, 1.807) is 24.3 Å². The van der Waals surface area contributed by atoms with Crippen LogP contribution in [-0.4, -0.2) is 38.9 Å². The van der Waals surface area contributed by atoms with E-state index in [1.807, 2.05) is 66.9 Å². The fraction of sp³-hybridized carbons (Fsp3) is 0.250. The number of anilines is 1. The van der Waals surface area contributed by atoms with Crippen LogP contribution in [0.5, 0.6) is 0 Å². The van der Waals surface area contributed by atoms with Gasteiger partial charge in [0.05, 0.1) is 23.5 Å². The first kappa shape index (κ1) is 28.7. The van der Waals surface area contributed by atoms with Crippen molar-refractivity contribution in [3.8, 4) is 22.4 Å². The lowest BCUT2D eigenvalue weighted by atomic mass is 9.94. The fourth-order valence-electron chi connectivity index (χ4n) is 5.04. The second-order valence-corrected chi connectivity index (χ2v) is 10.1. The number of carboxylic acid groups (broad SMARTS) is 1. The van der Waals surface area contributed by atoms with E-state index in [2.05, 4.69) is 5.32 Å². The minimum absolute atomic E-state index is 0.0389. The quantitative estimate of drug-likeness (QED) is 0.256. The minimum Gasteiger partial charge on any atom is -0.550 e. The highest BCUT2D eigenvalue weighted by Gasteiger charge is 2.31. The first-order valence-corrected chi connectivity index (χ1v) is 13.2. The largest absolute Gasteiger partial charge is 0.550 e. The highest BCUT2D eigenvalue weighted by atomic mass is 19.1. The Bertz CT molecular complexity index is 1450. The molecule has 1 amide bonds. The molecule has 3 aromatic carbocycles. The van der Waals surface area contributed by atoms with Crippen molar-refractivity contribution >= 4 is 17.6 Å². The molecular weight excluding hydrogens is 511 g/mol. The molecule has 0 radical (unpaired) electrons. The number of aromatic nitrogens is 1. The minimum atomic E-state index is -1.42. The lowest BCUT2D eigenvalue weighted by Gasteiger charge is -2.22. The summed E-state index contributed by atoms with van der Waals surface area (Å²) in [6.45, 7) is 3.83. The van der Waals surface area contributed by atoms with Gasteiger partial charge in [-0.05, 0) is 53.4 Å². The van der Waals surface area contributed by atoms with Gasteiger partial charge >= 0.3 is 0 Å². The van der Waals surface area contributed by atoms with Crippen LogP contribution < -0.4 is 10.4 Å². The summed E-state index contributed by atoms with van der Waals surface area (Å²) >= 11 is 0. The van der Waals surface area contributed by atoms with Crippen LogP contribution in [0.15, 0.2) is 84.9 Å². The molecule has 2 atom stereocenters. The van der Waals surface area contributed by atoms with Gasteiger partial charge < -0.3 is 30.0 Å². The first-order chi connectivity index (χ1) is 19.2. The van der Waals surface area contributed by atoms with Crippen LogP contribution in [0, 0.1) is 5.82 Å². The number of para-hydroxylation sites is 1. The summed E-state index contributed by atoms with van der Waals surface area (Å²) in [5.41, 5.74) is 4.26. The SMILES string of the molecule is CC(C)c1c(C(=O)Nc2ccccc2)c(-c2ccccc2)c(-c2ccc(F)cc2)n1C[C@@H](O)C[C@@H](O)CC(=O)[O-]. The predicted molar refractivity (Wildman–Crippen MR) is 150 cm³/mol. The molecule has 0 fully saturated rings. The van der Waals surface area contributed by atoms with Crippen molar-refractivity contribution in [2.24, 2.45) is 0 Å². The number of nitrogens with zero attached hydrogens (tertiary/aromatic N) is 1. The Hall–Kier alpha value is -4.27. The molecule has 0 aliphatic heterocycles. The molecule has 40 heavy (non-hydrogen) atoms. The van der Waals surface area contributed by atoms with Crippen LogP contribution in [0.3, 0.4) is 0 Å². The Morgan fingerprint density at radius 3 is 2.05 bits per heavy atom. The van der Waals surface area contributed by atoms with E-state index < -0.39 is 30.4 Å². The van der Waals surface area contributed by atoms with Gasteiger partial charge in [-0.2, -0.15) is 0 Å². The van der Waals surface area contributed by atoms with Crippen LogP contribution in [-0.2, 0) is 11.3 Å². The van der Waals surface area contributed by atoms with Crippen LogP contribution >= 0.6 is 0 Å². The summed E-state index contributed by atoms with van der Waals surface area (Å²) in [6.07, 6.45) is -3.27. The van der Waals surface area contributed by atoms with Gasteiger partial charge in [0.1, 0.15) is 5.82 Å². The number of benzene rings is 3. The molecule has 4 rings (SSSR count). The molecule has 8 heteroatoms. The number of amides is 1. The van der Waals surface area contributed by atoms with Crippen LogP contribution in [0.1, 0.15) is 48.7 Å². The maximum Gasteiger partial charge on any atom is 0.258 e. The Morgan fingerprint density at radius 2 is 1.48 bits per heavy atom. The van der Waals surface area contributed by atoms with Crippen LogP contribution in [0.2, 0.25) is 0 Å². The van der Waals surface area contributed by atoms with Gasteiger partial charge in [0.15, 0.2) is 0 Å². The number of aliphatic hydroxyl groups is 2. The van der Waals surface area contributed by atoms with Gasteiger partial charge in [-0.25, -0.2) is 4.39 Å². The lowest BCUT2D eigenvalue weighted by molar-refractivity contribution is -0.307. The smallest absolute Gasteiger partial charge is 0.258 e.